The summed E-state index contributed by atoms with van der Waals surface area (Å²) in [5.41, 5.74) is 0.588. The fourth-order valence-electron chi connectivity index (χ4n) is 1.74. The largest absolute Gasteiger partial charge is 0.355 e. The molecule has 0 radical (unpaired) electrons. The van der Waals surface area contributed by atoms with E-state index in [2.05, 4.69) is 10.0 Å². The van der Waals surface area contributed by atoms with Crippen LogP contribution in [0.1, 0.15) is 10.4 Å². The number of carbonyl (C=O) groups excluding carboxylic acids is 1. The van der Waals surface area contributed by atoms with Gasteiger partial charge in [0.25, 0.3) is 15.9 Å². The van der Waals surface area contributed by atoms with Gasteiger partial charge in [-0.25, -0.2) is 12.8 Å². The van der Waals surface area contributed by atoms with Crippen LogP contribution in [0.15, 0.2) is 47.4 Å². The highest BCUT2D eigenvalue weighted by Crippen LogP contribution is 2.22. The maximum Gasteiger partial charge on any atom is 0.264 e. The summed E-state index contributed by atoms with van der Waals surface area (Å²) < 4.78 is 40.2. The average Bonchev–Trinajstić information content (AvgIpc) is 2.46. The Labute approximate surface area is 132 Å². The van der Waals surface area contributed by atoms with E-state index >= 15 is 0 Å². The zero-order chi connectivity index (χ0) is 16.3. The molecule has 0 aliphatic rings. The zero-order valence-corrected chi connectivity index (χ0v) is 13.0. The molecule has 2 N–H and O–H groups in total. The molecule has 2 aromatic carbocycles. The lowest BCUT2D eigenvalue weighted by Crippen LogP contribution is -2.18. The second kappa shape index (κ2) is 6.33. The highest BCUT2D eigenvalue weighted by Gasteiger charge is 2.19. The lowest BCUT2D eigenvalue weighted by atomic mass is 10.2. The molecule has 0 heterocycles. The minimum atomic E-state index is -4.08. The second-order valence-electron chi connectivity index (χ2n) is 4.34. The Bertz CT molecular complexity index is 807. The lowest BCUT2D eigenvalue weighted by molar-refractivity contribution is 0.0963. The number of sulfonamides is 1. The first-order valence-electron chi connectivity index (χ1n) is 6.13. The number of amides is 1. The third-order valence-corrected chi connectivity index (χ3v) is 4.46. The predicted molar refractivity (Wildman–Crippen MR) is 82.1 cm³/mol. The smallest absolute Gasteiger partial charge is 0.264 e. The standard InChI is InChI=1S/C14H12ClFN2O3S/c1-17-14(19)9-2-5-11(6-3-9)18-22(20,21)13-7-4-10(15)8-12(13)16/h2-8,18H,1H3,(H,17,19). The van der Waals surface area contributed by atoms with Gasteiger partial charge < -0.3 is 5.32 Å². The summed E-state index contributed by atoms with van der Waals surface area (Å²) in [4.78, 5) is 10.9. The minimum Gasteiger partial charge on any atom is -0.355 e. The van der Waals surface area contributed by atoms with Crippen LogP contribution in [-0.4, -0.2) is 21.4 Å². The van der Waals surface area contributed by atoms with Gasteiger partial charge >= 0.3 is 0 Å². The Hall–Kier alpha value is -2.12. The molecule has 0 unspecified atom stereocenters. The number of carbonyl (C=O) groups is 1. The molecule has 0 aliphatic carbocycles. The Morgan fingerprint density at radius 2 is 1.77 bits per heavy atom. The van der Waals surface area contributed by atoms with Gasteiger partial charge in [-0.15, -0.1) is 0 Å². The summed E-state index contributed by atoms with van der Waals surface area (Å²) in [5.74, 6) is -1.24. The summed E-state index contributed by atoms with van der Waals surface area (Å²) in [6.07, 6.45) is 0. The zero-order valence-electron chi connectivity index (χ0n) is 11.4. The monoisotopic (exact) mass is 342 g/mol. The van der Waals surface area contributed by atoms with Gasteiger partial charge in [0, 0.05) is 23.3 Å². The van der Waals surface area contributed by atoms with Gasteiger partial charge in [0.2, 0.25) is 0 Å². The normalized spacial score (nSPS) is 11.0. The van der Waals surface area contributed by atoms with Gasteiger partial charge in [-0.1, -0.05) is 11.6 Å². The van der Waals surface area contributed by atoms with Gasteiger partial charge in [-0.05, 0) is 42.5 Å². The molecule has 0 saturated heterocycles. The third-order valence-electron chi connectivity index (χ3n) is 2.81. The SMILES string of the molecule is CNC(=O)c1ccc(NS(=O)(=O)c2ccc(Cl)cc2F)cc1. The topological polar surface area (TPSA) is 75.3 Å². The molecule has 22 heavy (non-hydrogen) atoms. The van der Waals surface area contributed by atoms with E-state index in [1.165, 1.54) is 37.4 Å². The molecular formula is C14H12ClFN2O3S. The number of hydrogen-bond donors (Lipinski definition) is 2. The van der Waals surface area contributed by atoms with Crippen molar-refractivity contribution in [1.82, 2.24) is 5.32 Å². The summed E-state index contributed by atoms with van der Waals surface area (Å²) in [5, 5.41) is 2.55. The summed E-state index contributed by atoms with van der Waals surface area (Å²) >= 11 is 5.59. The molecule has 0 spiro atoms. The number of hydrogen-bond acceptors (Lipinski definition) is 3. The first-order valence-corrected chi connectivity index (χ1v) is 7.99. The van der Waals surface area contributed by atoms with Crippen LogP contribution >= 0.6 is 11.6 Å². The molecule has 0 bridgehead atoms. The molecule has 0 aromatic heterocycles. The van der Waals surface area contributed by atoms with Crippen LogP contribution in [0.5, 0.6) is 0 Å². The summed E-state index contributed by atoms with van der Waals surface area (Å²) in [7, 11) is -2.60. The van der Waals surface area contributed by atoms with Crippen molar-refractivity contribution in [1.29, 1.82) is 0 Å². The van der Waals surface area contributed by atoms with Gasteiger partial charge in [0.05, 0.1) is 0 Å². The van der Waals surface area contributed by atoms with Crippen molar-refractivity contribution in [3.8, 4) is 0 Å². The fourth-order valence-corrected chi connectivity index (χ4v) is 3.02. The highest BCUT2D eigenvalue weighted by atomic mass is 35.5. The van der Waals surface area contributed by atoms with Crippen LogP contribution < -0.4 is 10.0 Å². The molecule has 0 fully saturated rings. The van der Waals surface area contributed by atoms with Crippen LogP contribution in [0.4, 0.5) is 10.1 Å². The lowest BCUT2D eigenvalue weighted by Gasteiger charge is -2.09. The van der Waals surface area contributed by atoms with E-state index in [4.69, 9.17) is 11.6 Å². The van der Waals surface area contributed by atoms with Crippen molar-refractivity contribution in [3.05, 3.63) is 58.9 Å². The number of nitrogens with one attached hydrogen (secondary N) is 2. The van der Waals surface area contributed by atoms with Crippen LogP contribution in [0.2, 0.25) is 5.02 Å². The van der Waals surface area contributed by atoms with Crippen molar-refractivity contribution in [2.75, 3.05) is 11.8 Å². The average molecular weight is 343 g/mol. The highest BCUT2D eigenvalue weighted by molar-refractivity contribution is 7.92. The van der Waals surface area contributed by atoms with Crippen molar-refractivity contribution in [2.45, 2.75) is 4.90 Å². The van der Waals surface area contributed by atoms with E-state index < -0.39 is 20.7 Å². The van der Waals surface area contributed by atoms with E-state index in [-0.39, 0.29) is 16.6 Å². The van der Waals surface area contributed by atoms with Gasteiger partial charge in [-0.3, -0.25) is 9.52 Å². The first kappa shape index (κ1) is 16.3. The Kier molecular flexibility index (Phi) is 4.68. The predicted octanol–water partition coefficient (Wildman–Crippen LogP) is 2.64. The quantitative estimate of drug-likeness (QED) is 0.897. The summed E-state index contributed by atoms with van der Waals surface area (Å²) in [6, 6.07) is 9.02. The van der Waals surface area contributed by atoms with Crippen molar-refractivity contribution >= 4 is 33.2 Å². The first-order chi connectivity index (χ1) is 10.3. The number of anilines is 1. The summed E-state index contributed by atoms with van der Waals surface area (Å²) in [6.45, 7) is 0. The molecule has 5 nitrogen and oxygen atoms in total. The van der Waals surface area contributed by atoms with Crippen LogP contribution in [0.25, 0.3) is 0 Å². The molecule has 1 amide bonds. The molecule has 2 aromatic rings. The van der Waals surface area contributed by atoms with Crippen molar-refractivity contribution < 1.29 is 17.6 Å². The second-order valence-corrected chi connectivity index (χ2v) is 6.42. The van der Waals surface area contributed by atoms with E-state index in [1.807, 2.05) is 0 Å². The van der Waals surface area contributed by atoms with E-state index in [1.54, 1.807) is 0 Å². The van der Waals surface area contributed by atoms with E-state index in [0.717, 1.165) is 12.1 Å². The van der Waals surface area contributed by atoms with Crippen molar-refractivity contribution in [2.24, 2.45) is 0 Å². The molecule has 116 valence electrons. The Balaban J connectivity index is 2.27. The Morgan fingerprint density at radius 1 is 1.14 bits per heavy atom. The molecule has 0 aliphatic heterocycles. The number of rotatable bonds is 4. The van der Waals surface area contributed by atoms with E-state index in [9.17, 15) is 17.6 Å². The van der Waals surface area contributed by atoms with E-state index in [0.29, 0.717) is 5.56 Å². The third kappa shape index (κ3) is 3.55. The van der Waals surface area contributed by atoms with Gasteiger partial charge in [0.15, 0.2) is 0 Å². The van der Waals surface area contributed by atoms with Crippen LogP contribution in [0, 0.1) is 5.82 Å². The molecule has 8 heteroatoms. The molecular weight excluding hydrogens is 331 g/mol. The van der Waals surface area contributed by atoms with Crippen LogP contribution in [-0.2, 0) is 10.0 Å². The molecule has 0 atom stereocenters. The molecule has 0 saturated carbocycles. The fraction of sp³-hybridized carbons (Fsp3) is 0.0714. The van der Waals surface area contributed by atoms with Crippen LogP contribution in [0.3, 0.4) is 0 Å². The van der Waals surface area contributed by atoms with Gasteiger partial charge in [0.1, 0.15) is 10.7 Å². The van der Waals surface area contributed by atoms with Gasteiger partial charge in [-0.2, -0.15) is 0 Å². The number of halogens is 2. The number of benzene rings is 2. The van der Waals surface area contributed by atoms with Crippen molar-refractivity contribution in [3.63, 3.8) is 0 Å². The maximum atomic E-state index is 13.7. The minimum absolute atomic E-state index is 0.103. The maximum absolute atomic E-state index is 13.7. The Morgan fingerprint density at radius 3 is 2.32 bits per heavy atom. The molecule has 2 rings (SSSR count).